The molecule has 0 unspecified atom stereocenters. The van der Waals surface area contributed by atoms with E-state index in [0.717, 1.165) is 25.0 Å². The van der Waals surface area contributed by atoms with Crippen molar-refractivity contribution < 1.29 is 9.53 Å². The third-order valence-corrected chi connectivity index (χ3v) is 2.60. The fourth-order valence-corrected chi connectivity index (χ4v) is 1.62. The molecule has 1 heterocycles. The SMILES string of the molecule is Cc1ccc(OCCCn2ccc(C=O)n2)cc1. The highest BCUT2D eigenvalue weighted by Gasteiger charge is 1.97. The van der Waals surface area contributed by atoms with Crippen LogP contribution >= 0.6 is 0 Å². The Morgan fingerprint density at radius 3 is 2.72 bits per heavy atom. The summed E-state index contributed by atoms with van der Waals surface area (Å²) in [5.41, 5.74) is 1.69. The first kappa shape index (κ1) is 12.4. The molecule has 0 fully saturated rings. The highest BCUT2D eigenvalue weighted by atomic mass is 16.5. The van der Waals surface area contributed by atoms with Crippen molar-refractivity contribution in [2.24, 2.45) is 0 Å². The zero-order valence-corrected chi connectivity index (χ0v) is 10.4. The van der Waals surface area contributed by atoms with Gasteiger partial charge in [0.25, 0.3) is 0 Å². The first-order valence-electron chi connectivity index (χ1n) is 5.96. The number of hydrogen-bond acceptors (Lipinski definition) is 3. The highest BCUT2D eigenvalue weighted by Crippen LogP contribution is 2.11. The summed E-state index contributed by atoms with van der Waals surface area (Å²) in [4.78, 5) is 10.5. The van der Waals surface area contributed by atoms with Crippen LogP contribution in [-0.2, 0) is 6.54 Å². The molecule has 0 saturated carbocycles. The molecule has 18 heavy (non-hydrogen) atoms. The molecule has 4 nitrogen and oxygen atoms in total. The molecule has 1 aromatic carbocycles. The molecule has 0 spiro atoms. The Morgan fingerprint density at radius 2 is 2.06 bits per heavy atom. The summed E-state index contributed by atoms with van der Waals surface area (Å²) < 4.78 is 7.36. The van der Waals surface area contributed by atoms with Crippen molar-refractivity contribution in [1.29, 1.82) is 0 Å². The molecule has 0 aliphatic carbocycles. The number of aryl methyl sites for hydroxylation is 2. The summed E-state index contributed by atoms with van der Waals surface area (Å²) >= 11 is 0. The van der Waals surface area contributed by atoms with Crippen LogP contribution in [0.3, 0.4) is 0 Å². The number of rotatable bonds is 6. The van der Waals surface area contributed by atoms with E-state index in [1.807, 2.05) is 31.2 Å². The first-order chi connectivity index (χ1) is 8.78. The van der Waals surface area contributed by atoms with E-state index < -0.39 is 0 Å². The van der Waals surface area contributed by atoms with Crippen molar-refractivity contribution in [3.05, 3.63) is 47.8 Å². The van der Waals surface area contributed by atoms with Gasteiger partial charge < -0.3 is 4.74 Å². The van der Waals surface area contributed by atoms with Gasteiger partial charge in [-0.2, -0.15) is 5.10 Å². The Balaban J connectivity index is 1.72. The second-order valence-corrected chi connectivity index (χ2v) is 4.14. The lowest BCUT2D eigenvalue weighted by Gasteiger charge is -2.06. The van der Waals surface area contributed by atoms with Crippen molar-refractivity contribution in [3.8, 4) is 5.75 Å². The number of ether oxygens (including phenoxy) is 1. The van der Waals surface area contributed by atoms with E-state index in [2.05, 4.69) is 5.10 Å². The minimum Gasteiger partial charge on any atom is -0.494 e. The molecule has 0 N–H and O–H groups in total. The fourth-order valence-electron chi connectivity index (χ4n) is 1.62. The van der Waals surface area contributed by atoms with Crippen molar-refractivity contribution in [1.82, 2.24) is 9.78 Å². The van der Waals surface area contributed by atoms with Gasteiger partial charge in [-0.15, -0.1) is 0 Å². The largest absolute Gasteiger partial charge is 0.494 e. The molecule has 0 atom stereocenters. The molecule has 2 rings (SSSR count). The van der Waals surface area contributed by atoms with Crippen molar-refractivity contribution in [2.45, 2.75) is 19.9 Å². The molecule has 0 amide bonds. The molecule has 2 aromatic rings. The zero-order chi connectivity index (χ0) is 12.8. The first-order valence-corrected chi connectivity index (χ1v) is 5.96. The second-order valence-electron chi connectivity index (χ2n) is 4.14. The molecule has 0 bridgehead atoms. The maximum Gasteiger partial charge on any atom is 0.170 e. The van der Waals surface area contributed by atoms with Gasteiger partial charge in [-0.25, -0.2) is 0 Å². The second kappa shape index (κ2) is 6.00. The minimum atomic E-state index is 0.467. The lowest BCUT2D eigenvalue weighted by molar-refractivity contribution is 0.111. The predicted molar refractivity (Wildman–Crippen MR) is 68.9 cm³/mol. The summed E-state index contributed by atoms with van der Waals surface area (Å²) in [7, 11) is 0. The fraction of sp³-hybridized carbons (Fsp3) is 0.286. The van der Waals surface area contributed by atoms with Crippen LogP contribution in [0.1, 0.15) is 22.5 Å². The van der Waals surface area contributed by atoms with Crippen LogP contribution in [0.4, 0.5) is 0 Å². The van der Waals surface area contributed by atoms with Crippen molar-refractivity contribution in [2.75, 3.05) is 6.61 Å². The Kier molecular flexibility index (Phi) is 4.12. The maximum atomic E-state index is 10.5. The Bertz CT molecular complexity index is 503. The third kappa shape index (κ3) is 3.45. The van der Waals surface area contributed by atoms with E-state index in [1.54, 1.807) is 16.9 Å². The average Bonchev–Trinajstić information content (AvgIpc) is 2.85. The Labute approximate surface area is 106 Å². The summed E-state index contributed by atoms with van der Waals surface area (Å²) in [6.45, 7) is 3.44. The third-order valence-electron chi connectivity index (χ3n) is 2.60. The van der Waals surface area contributed by atoms with Crippen LogP contribution in [0, 0.1) is 6.92 Å². The van der Waals surface area contributed by atoms with Crippen LogP contribution in [0.25, 0.3) is 0 Å². The van der Waals surface area contributed by atoms with Gasteiger partial charge in [0.15, 0.2) is 6.29 Å². The topological polar surface area (TPSA) is 44.1 Å². The number of benzene rings is 1. The van der Waals surface area contributed by atoms with Gasteiger partial charge in [0.2, 0.25) is 0 Å². The minimum absolute atomic E-state index is 0.467. The van der Waals surface area contributed by atoms with Gasteiger partial charge >= 0.3 is 0 Å². The highest BCUT2D eigenvalue weighted by molar-refractivity contribution is 5.71. The predicted octanol–water partition coefficient (Wildman–Crippen LogP) is 2.47. The van der Waals surface area contributed by atoms with Crippen molar-refractivity contribution >= 4 is 6.29 Å². The summed E-state index contributed by atoms with van der Waals surface area (Å²) in [5, 5.41) is 4.08. The number of nitrogens with zero attached hydrogens (tertiary/aromatic N) is 2. The number of carbonyl (C=O) groups is 1. The summed E-state index contributed by atoms with van der Waals surface area (Å²) in [6.07, 6.45) is 3.41. The summed E-state index contributed by atoms with van der Waals surface area (Å²) in [5.74, 6) is 0.884. The average molecular weight is 244 g/mol. The van der Waals surface area contributed by atoms with E-state index in [4.69, 9.17) is 4.74 Å². The maximum absolute atomic E-state index is 10.5. The Hall–Kier alpha value is -2.10. The standard InChI is InChI=1S/C14H16N2O2/c1-12-3-5-14(6-4-12)18-10-2-8-16-9-7-13(11-17)15-16/h3-7,9,11H,2,8,10H2,1H3. The van der Waals surface area contributed by atoms with Crippen LogP contribution in [0.5, 0.6) is 5.75 Å². The van der Waals surface area contributed by atoms with E-state index in [0.29, 0.717) is 12.3 Å². The van der Waals surface area contributed by atoms with Gasteiger partial charge in [-0.05, 0) is 25.1 Å². The molecule has 0 saturated heterocycles. The van der Waals surface area contributed by atoms with Crippen LogP contribution in [0.2, 0.25) is 0 Å². The number of aromatic nitrogens is 2. The van der Waals surface area contributed by atoms with Gasteiger partial charge in [0.1, 0.15) is 11.4 Å². The van der Waals surface area contributed by atoms with Crippen LogP contribution in [0.15, 0.2) is 36.5 Å². The Morgan fingerprint density at radius 1 is 1.28 bits per heavy atom. The van der Waals surface area contributed by atoms with Crippen LogP contribution in [-0.4, -0.2) is 22.7 Å². The normalized spacial score (nSPS) is 10.3. The zero-order valence-electron chi connectivity index (χ0n) is 10.4. The monoisotopic (exact) mass is 244 g/mol. The molecule has 94 valence electrons. The molecule has 0 radical (unpaired) electrons. The quantitative estimate of drug-likeness (QED) is 0.579. The van der Waals surface area contributed by atoms with Gasteiger partial charge in [0.05, 0.1) is 6.61 Å². The molecule has 1 aromatic heterocycles. The number of aldehydes is 1. The molecule has 4 heteroatoms. The van der Waals surface area contributed by atoms with Gasteiger partial charge in [0, 0.05) is 19.2 Å². The summed E-state index contributed by atoms with van der Waals surface area (Å²) in [6, 6.07) is 9.69. The van der Waals surface area contributed by atoms with Gasteiger partial charge in [-0.3, -0.25) is 9.48 Å². The molecular weight excluding hydrogens is 228 g/mol. The molecular formula is C14H16N2O2. The smallest absolute Gasteiger partial charge is 0.170 e. The van der Waals surface area contributed by atoms with E-state index >= 15 is 0 Å². The lowest BCUT2D eigenvalue weighted by Crippen LogP contribution is -2.05. The van der Waals surface area contributed by atoms with Crippen molar-refractivity contribution in [3.63, 3.8) is 0 Å². The van der Waals surface area contributed by atoms with E-state index in [9.17, 15) is 4.79 Å². The number of carbonyl (C=O) groups excluding carboxylic acids is 1. The molecule has 0 aliphatic rings. The number of hydrogen-bond donors (Lipinski definition) is 0. The van der Waals surface area contributed by atoms with E-state index in [1.165, 1.54) is 5.56 Å². The van der Waals surface area contributed by atoms with Crippen LogP contribution < -0.4 is 4.74 Å². The lowest BCUT2D eigenvalue weighted by atomic mass is 10.2. The van der Waals surface area contributed by atoms with E-state index in [-0.39, 0.29) is 0 Å². The molecule has 0 aliphatic heterocycles. The van der Waals surface area contributed by atoms with Gasteiger partial charge in [-0.1, -0.05) is 17.7 Å².